The van der Waals surface area contributed by atoms with Crippen LogP contribution < -0.4 is 5.73 Å². The first kappa shape index (κ1) is 17.3. The van der Waals surface area contributed by atoms with Crippen molar-refractivity contribution in [2.24, 2.45) is 0 Å². The molecule has 0 aliphatic carbocycles. The lowest BCUT2D eigenvalue weighted by molar-refractivity contribution is 0.603. The van der Waals surface area contributed by atoms with Crippen LogP contribution in [-0.4, -0.2) is 10.2 Å². The maximum absolute atomic E-state index is 13.9. The Morgan fingerprint density at radius 3 is 2.63 bits per heavy atom. The molecule has 0 fully saturated rings. The van der Waals surface area contributed by atoms with Crippen LogP contribution in [0.2, 0.25) is 0 Å². The van der Waals surface area contributed by atoms with Gasteiger partial charge in [0.2, 0.25) is 0 Å². The molecule has 3 aromatic carbocycles. The molecule has 0 radical (unpaired) electrons. The average Bonchev–Trinajstić information content (AvgIpc) is 3.06. The second kappa shape index (κ2) is 7.23. The number of aryl methyl sites for hydroxylation is 3. The zero-order chi connectivity index (χ0) is 18.8. The second-order valence-corrected chi connectivity index (χ2v) is 6.98. The molecule has 4 rings (SSSR count). The molecule has 3 nitrogen and oxygen atoms in total. The predicted octanol–water partition coefficient (Wildman–Crippen LogP) is 5.43. The molecule has 0 atom stereocenters. The second-order valence-electron chi connectivity index (χ2n) is 6.98. The number of fused-ring (bicyclic) bond motifs is 1. The molecule has 0 bridgehead atoms. The highest BCUT2D eigenvalue weighted by Crippen LogP contribution is 2.31. The molecule has 136 valence electrons. The molecule has 0 spiro atoms. The number of hydrogen-bond donors (Lipinski definition) is 2. The third kappa shape index (κ3) is 3.56. The van der Waals surface area contributed by atoms with Crippen LogP contribution in [0.15, 0.2) is 60.7 Å². The SMILES string of the molecule is Cc1ccc(F)c(CCCc2ccc(-c3cccc4[nH]nc(N)c34)cc2)c1. The van der Waals surface area contributed by atoms with Gasteiger partial charge in [-0.1, -0.05) is 54.1 Å². The van der Waals surface area contributed by atoms with Crippen LogP contribution in [0.4, 0.5) is 10.2 Å². The molecule has 27 heavy (non-hydrogen) atoms. The predicted molar refractivity (Wildman–Crippen MR) is 109 cm³/mol. The number of rotatable bonds is 5. The summed E-state index contributed by atoms with van der Waals surface area (Å²) >= 11 is 0. The Bertz CT molecular complexity index is 1080. The number of hydrogen-bond acceptors (Lipinski definition) is 2. The molecule has 0 saturated carbocycles. The summed E-state index contributed by atoms with van der Waals surface area (Å²) in [6, 6.07) is 19.8. The van der Waals surface area contributed by atoms with Gasteiger partial charge in [0.25, 0.3) is 0 Å². The molecule has 4 heteroatoms. The van der Waals surface area contributed by atoms with Gasteiger partial charge in [-0.05, 0) is 60.6 Å². The minimum absolute atomic E-state index is 0.109. The van der Waals surface area contributed by atoms with Crippen molar-refractivity contribution in [1.29, 1.82) is 0 Å². The van der Waals surface area contributed by atoms with Gasteiger partial charge in [0.1, 0.15) is 5.82 Å². The van der Waals surface area contributed by atoms with Crippen LogP contribution in [0.3, 0.4) is 0 Å². The van der Waals surface area contributed by atoms with Gasteiger partial charge in [0, 0.05) is 0 Å². The highest BCUT2D eigenvalue weighted by atomic mass is 19.1. The minimum atomic E-state index is -0.109. The Morgan fingerprint density at radius 1 is 1.00 bits per heavy atom. The molecule has 0 aliphatic rings. The Labute approximate surface area is 158 Å². The van der Waals surface area contributed by atoms with Gasteiger partial charge in [0.05, 0.1) is 10.9 Å². The summed E-state index contributed by atoms with van der Waals surface area (Å²) < 4.78 is 13.9. The highest BCUT2D eigenvalue weighted by Gasteiger charge is 2.09. The fraction of sp³-hybridized carbons (Fsp3) is 0.174. The van der Waals surface area contributed by atoms with Gasteiger partial charge in [-0.15, -0.1) is 0 Å². The maximum atomic E-state index is 13.9. The van der Waals surface area contributed by atoms with Crippen LogP contribution >= 0.6 is 0 Å². The number of nitrogens with one attached hydrogen (secondary N) is 1. The van der Waals surface area contributed by atoms with E-state index in [0.29, 0.717) is 5.82 Å². The van der Waals surface area contributed by atoms with Crippen LogP contribution in [0.5, 0.6) is 0 Å². The zero-order valence-electron chi connectivity index (χ0n) is 15.3. The van der Waals surface area contributed by atoms with Gasteiger partial charge in [-0.2, -0.15) is 5.10 Å². The van der Waals surface area contributed by atoms with Gasteiger partial charge < -0.3 is 5.73 Å². The van der Waals surface area contributed by atoms with E-state index in [1.54, 1.807) is 6.07 Å². The summed E-state index contributed by atoms with van der Waals surface area (Å²) in [6.45, 7) is 2.00. The number of anilines is 1. The van der Waals surface area contributed by atoms with Crippen molar-refractivity contribution >= 4 is 16.7 Å². The Hall–Kier alpha value is -3.14. The van der Waals surface area contributed by atoms with E-state index in [4.69, 9.17) is 5.73 Å². The first-order chi connectivity index (χ1) is 13.1. The summed E-state index contributed by atoms with van der Waals surface area (Å²) in [5.74, 6) is 0.409. The van der Waals surface area contributed by atoms with Gasteiger partial charge >= 0.3 is 0 Å². The Morgan fingerprint density at radius 2 is 1.81 bits per heavy atom. The van der Waals surface area contributed by atoms with Crippen molar-refractivity contribution in [1.82, 2.24) is 10.2 Å². The normalized spacial score (nSPS) is 11.2. The number of nitrogens with zero attached hydrogens (tertiary/aromatic N) is 1. The van der Waals surface area contributed by atoms with Crippen molar-refractivity contribution in [2.45, 2.75) is 26.2 Å². The van der Waals surface area contributed by atoms with Crippen molar-refractivity contribution in [3.05, 3.63) is 83.2 Å². The zero-order valence-corrected chi connectivity index (χ0v) is 15.3. The van der Waals surface area contributed by atoms with Crippen molar-refractivity contribution in [3.8, 4) is 11.1 Å². The molecular formula is C23H22FN3. The Kier molecular flexibility index (Phi) is 4.63. The van der Waals surface area contributed by atoms with E-state index in [0.717, 1.165) is 52.4 Å². The van der Waals surface area contributed by atoms with Crippen molar-refractivity contribution < 1.29 is 4.39 Å². The average molecular weight is 359 g/mol. The summed E-state index contributed by atoms with van der Waals surface area (Å²) in [4.78, 5) is 0. The molecule has 0 unspecified atom stereocenters. The monoisotopic (exact) mass is 359 g/mol. The third-order valence-electron chi connectivity index (χ3n) is 5.00. The summed E-state index contributed by atoms with van der Waals surface area (Å²) in [7, 11) is 0. The van der Waals surface area contributed by atoms with Crippen LogP contribution in [0.1, 0.15) is 23.1 Å². The highest BCUT2D eigenvalue weighted by molar-refractivity contribution is 6.01. The van der Waals surface area contributed by atoms with E-state index in [-0.39, 0.29) is 5.82 Å². The molecular weight excluding hydrogens is 337 g/mol. The minimum Gasteiger partial charge on any atom is -0.382 e. The van der Waals surface area contributed by atoms with E-state index in [1.807, 2.05) is 31.2 Å². The largest absolute Gasteiger partial charge is 0.382 e. The first-order valence-corrected chi connectivity index (χ1v) is 9.19. The molecule has 0 amide bonds. The summed E-state index contributed by atoms with van der Waals surface area (Å²) in [5, 5.41) is 8.02. The van der Waals surface area contributed by atoms with Crippen LogP contribution in [0.25, 0.3) is 22.0 Å². The molecule has 0 saturated heterocycles. The van der Waals surface area contributed by atoms with E-state index >= 15 is 0 Å². The van der Waals surface area contributed by atoms with Crippen molar-refractivity contribution in [2.75, 3.05) is 5.73 Å². The van der Waals surface area contributed by atoms with E-state index in [1.165, 1.54) is 5.56 Å². The lowest BCUT2D eigenvalue weighted by Gasteiger charge is -2.07. The fourth-order valence-corrected chi connectivity index (χ4v) is 3.57. The van der Waals surface area contributed by atoms with E-state index in [2.05, 4.69) is 40.5 Å². The fourth-order valence-electron chi connectivity index (χ4n) is 3.57. The van der Waals surface area contributed by atoms with Crippen LogP contribution in [0, 0.1) is 12.7 Å². The number of aromatic amines is 1. The van der Waals surface area contributed by atoms with E-state index in [9.17, 15) is 4.39 Å². The lowest BCUT2D eigenvalue weighted by atomic mass is 9.98. The standard InChI is InChI=1S/C23H22FN3/c1-15-8-13-20(24)18(14-15)5-2-4-16-9-11-17(12-10-16)19-6-3-7-21-22(19)23(25)27-26-21/h3,6-14H,2,4-5H2,1H3,(H3,25,26,27). The van der Waals surface area contributed by atoms with Crippen LogP contribution in [-0.2, 0) is 12.8 Å². The summed E-state index contributed by atoms with van der Waals surface area (Å²) in [6.07, 6.45) is 2.59. The lowest BCUT2D eigenvalue weighted by Crippen LogP contribution is -1.94. The Balaban J connectivity index is 1.47. The number of H-pyrrole nitrogens is 1. The van der Waals surface area contributed by atoms with Gasteiger partial charge in [-0.3, -0.25) is 5.10 Å². The molecule has 1 aromatic heterocycles. The number of aromatic nitrogens is 2. The number of nitrogen functional groups attached to an aromatic ring is 1. The smallest absolute Gasteiger partial charge is 0.153 e. The number of nitrogens with two attached hydrogens (primary N) is 1. The van der Waals surface area contributed by atoms with Gasteiger partial charge in [-0.25, -0.2) is 4.39 Å². The molecule has 0 aliphatic heterocycles. The van der Waals surface area contributed by atoms with E-state index < -0.39 is 0 Å². The third-order valence-corrected chi connectivity index (χ3v) is 5.00. The quantitative estimate of drug-likeness (QED) is 0.499. The maximum Gasteiger partial charge on any atom is 0.153 e. The molecule has 4 aromatic rings. The molecule has 1 heterocycles. The topological polar surface area (TPSA) is 54.7 Å². The number of benzene rings is 3. The number of halogens is 1. The first-order valence-electron chi connectivity index (χ1n) is 9.19. The van der Waals surface area contributed by atoms with Gasteiger partial charge in [0.15, 0.2) is 5.82 Å². The summed E-state index contributed by atoms with van der Waals surface area (Å²) in [5.41, 5.74) is 12.3. The molecule has 3 N–H and O–H groups in total. The van der Waals surface area contributed by atoms with Crippen molar-refractivity contribution in [3.63, 3.8) is 0 Å².